The van der Waals surface area contributed by atoms with E-state index in [0.717, 1.165) is 12.5 Å². The van der Waals surface area contributed by atoms with Crippen molar-refractivity contribution < 1.29 is 57.9 Å². The van der Waals surface area contributed by atoms with Gasteiger partial charge >= 0.3 is 29.8 Å². The second-order valence-electron chi connectivity index (χ2n) is 12.8. The Morgan fingerprint density at radius 1 is 0.796 bits per heavy atom. The van der Waals surface area contributed by atoms with Crippen LogP contribution in [0.1, 0.15) is 73.8 Å². The van der Waals surface area contributed by atoms with Crippen LogP contribution in [-0.4, -0.2) is 77.2 Å². The fraction of sp³-hybridized carbons (Fsp3) is 0.486. The summed E-state index contributed by atoms with van der Waals surface area (Å²) in [6, 6.07) is 9.00. The van der Waals surface area contributed by atoms with Gasteiger partial charge in [0, 0.05) is 51.7 Å². The predicted octanol–water partition coefficient (Wildman–Crippen LogP) is 4.29. The minimum absolute atomic E-state index is 0.109. The zero-order valence-corrected chi connectivity index (χ0v) is 29.2. The van der Waals surface area contributed by atoms with E-state index in [4.69, 9.17) is 23.7 Å². The number of benzene rings is 1. The van der Waals surface area contributed by atoms with Gasteiger partial charge in [0.15, 0.2) is 11.9 Å². The summed E-state index contributed by atoms with van der Waals surface area (Å²) in [5.41, 5.74) is 0.860. The smallest absolute Gasteiger partial charge is 0.331 e. The molecular formula is C37H46O12. The molecule has 3 rings (SSSR count). The molecule has 1 aromatic rings. The SMILES string of the molecule is CC(=O)OC1=C(C)C(OC(C)=O)CC(OC(=O)C=Cc2ccccc2)C(CO)=CC(O)C2CC(OC(C)=O)C(C)=C(C1OC(C)=O)C2(C)C. The van der Waals surface area contributed by atoms with Crippen LogP contribution in [0.5, 0.6) is 0 Å². The van der Waals surface area contributed by atoms with E-state index in [2.05, 4.69) is 0 Å². The van der Waals surface area contributed by atoms with Gasteiger partial charge < -0.3 is 33.9 Å². The van der Waals surface area contributed by atoms with Crippen LogP contribution in [0.2, 0.25) is 0 Å². The van der Waals surface area contributed by atoms with Crippen LogP contribution in [0.25, 0.3) is 6.08 Å². The Labute approximate surface area is 286 Å². The first-order chi connectivity index (χ1) is 23.0. The van der Waals surface area contributed by atoms with Gasteiger partial charge in [0.05, 0.1) is 12.7 Å². The molecule has 0 aromatic heterocycles. The summed E-state index contributed by atoms with van der Waals surface area (Å²) in [4.78, 5) is 63.2. The lowest BCUT2D eigenvalue weighted by molar-refractivity contribution is -0.152. The second-order valence-corrected chi connectivity index (χ2v) is 12.8. The molecule has 2 N–H and O–H groups in total. The third-order valence-electron chi connectivity index (χ3n) is 8.81. The van der Waals surface area contributed by atoms with Crippen LogP contribution in [0.4, 0.5) is 0 Å². The number of hydrogen-bond donors (Lipinski definition) is 2. The van der Waals surface area contributed by atoms with Crippen LogP contribution >= 0.6 is 0 Å². The number of carbonyl (C=O) groups is 5. The average Bonchev–Trinajstić information content (AvgIpc) is 3.00. The summed E-state index contributed by atoms with van der Waals surface area (Å²) in [5, 5.41) is 22.4. The lowest BCUT2D eigenvalue weighted by atomic mass is 9.60. The van der Waals surface area contributed by atoms with Crippen molar-refractivity contribution in [2.45, 2.75) is 98.8 Å². The molecule has 0 heterocycles. The van der Waals surface area contributed by atoms with Crippen molar-refractivity contribution in [2.75, 3.05) is 6.61 Å². The van der Waals surface area contributed by atoms with Crippen LogP contribution in [-0.2, 0) is 47.7 Å². The average molecular weight is 683 g/mol. The Bertz CT molecular complexity index is 1550. The van der Waals surface area contributed by atoms with E-state index >= 15 is 0 Å². The van der Waals surface area contributed by atoms with Gasteiger partial charge in [-0.2, -0.15) is 0 Å². The minimum Gasteiger partial charge on any atom is -0.458 e. The topological polar surface area (TPSA) is 172 Å². The Balaban J connectivity index is 2.37. The highest BCUT2D eigenvalue weighted by Gasteiger charge is 2.50. The quantitative estimate of drug-likeness (QED) is 0.173. The lowest BCUT2D eigenvalue weighted by Crippen LogP contribution is -2.48. The normalized spacial score (nSPS) is 25.7. The molecule has 6 atom stereocenters. The molecule has 12 nitrogen and oxygen atoms in total. The van der Waals surface area contributed by atoms with Gasteiger partial charge in [0.2, 0.25) is 0 Å². The summed E-state index contributed by atoms with van der Waals surface area (Å²) < 4.78 is 28.8. The van der Waals surface area contributed by atoms with Crippen molar-refractivity contribution in [3.8, 4) is 0 Å². The lowest BCUT2D eigenvalue weighted by Gasteiger charge is -2.48. The van der Waals surface area contributed by atoms with Crippen molar-refractivity contribution in [3.05, 3.63) is 76.1 Å². The van der Waals surface area contributed by atoms with Crippen LogP contribution < -0.4 is 0 Å². The molecule has 0 saturated heterocycles. The summed E-state index contributed by atoms with van der Waals surface area (Å²) in [6.07, 6.45) is -2.11. The van der Waals surface area contributed by atoms with Crippen molar-refractivity contribution in [2.24, 2.45) is 11.3 Å². The Morgan fingerprint density at radius 3 is 1.90 bits per heavy atom. The molecule has 2 aliphatic rings. The Hall–Kier alpha value is -4.55. The zero-order valence-electron chi connectivity index (χ0n) is 29.2. The van der Waals surface area contributed by atoms with Crippen LogP contribution in [0, 0.1) is 11.3 Å². The van der Waals surface area contributed by atoms with E-state index in [0.29, 0.717) is 11.1 Å². The zero-order chi connectivity index (χ0) is 36.6. The van der Waals surface area contributed by atoms with Crippen molar-refractivity contribution in [1.82, 2.24) is 0 Å². The summed E-state index contributed by atoms with van der Waals surface area (Å²) >= 11 is 0. The maximum Gasteiger partial charge on any atom is 0.331 e. The van der Waals surface area contributed by atoms with Crippen molar-refractivity contribution >= 4 is 35.9 Å². The van der Waals surface area contributed by atoms with Crippen LogP contribution in [0.15, 0.2) is 70.5 Å². The first-order valence-corrected chi connectivity index (χ1v) is 16.0. The molecular weight excluding hydrogens is 636 g/mol. The van der Waals surface area contributed by atoms with E-state index in [1.54, 1.807) is 51.1 Å². The van der Waals surface area contributed by atoms with Gasteiger partial charge in [-0.1, -0.05) is 50.3 Å². The number of aliphatic hydroxyl groups excluding tert-OH is 2. The maximum absolute atomic E-state index is 13.2. The summed E-state index contributed by atoms with van der Waals surface area (Å²) in [7, 11) is 0. The van der Waals surface area contributed by atoms with Crippen molar-refractivity contribution in [3.63, 3.8) is 0 Å². The number of aliphatic hydroxyl groups is 2. The highest BCUT2D eigenvalue weighted by Crippen LogP contribution is 2.51. The van der Waals surface area contributed by atoms with Crippen molar-refractivity contribution in [1.29, 1.82) is 0 Å². The molecule has 0 radical (unpaired) electrons. The summed E-state index contributed by atoms with van der Waals surface area (Å²) in [6.45, 7) is 10.9. The van der Waals surface area contributed by atoms with Gasteiger partial charge in [-0.05, 0) is 54.0 Å². The number of carbonyl (C=O) groups excluding carboxylic acids is 5. The minimum atomic E-state index is -1.39. The van der Waals surface area contributed by atoms with E-state index in [1.807, 2.05) is 6.07 Å². The monoisotopic (exact) mass is 682 g/mol. The van der Waals surface area contributed by atoms with E-state index in [9.17, 15) is 34.2 Å². The molecule has 0 fully saturated rings. The fourth-order valence-corrected chi connectivity index (χ4v) is 6.58. The van der Waals surface area contributed by atoms with Gasteiger partial charge in [-0.3, -0.25) is 19.2 Å². The number of rotatable bonds is 8. The molecule has 6 unspecified atom stereocenters. The van der Waals surface area contributed by atoms with Gasteiger partial charge in [0.1, 0.15) is 18.3 Å². The Morgan fingerprint density at radius 2 is 1.37 bits per heavy atom. The largest absolute Gasteiger partial charge is 0.458 e. The van der Waals surface area contributed by atoms with E-state index in [1.165, 1.54) is 39.8 Å². The molecule has 1 aromatic carbocycles. The molecule has 0 aliphatic heterocycles. The van der Waals surface area contributed by atoms with Gasteiger partial charge in [-0.15, -0.1) is 0 Å². The standard InChI is InChI=1S/C37H46O12/c1-20-30(45-22(3)39)17-28-29(43)16-27(19-38)32(49-33(44)15-14-26-12-10-9-11-13-26)18-31(46-23(4)40)21(2)35(47-24(5)41)36(48-25(6)42)34(20)37(28,7)8/h9-16,28-32,36,38,43H,17-19H2,1-8H3. The molecule has 2 bridgehead atoms. The van der Waals surface area contributed by atoms with E-state index in [-0.39, 0.29) is 29.7 Å². The van der Waals surface area contributed by atoms with E-state index < -0.39 is 78.3 Å². The van der Waals surface area contributed by atoms with Gasteiger partial charge in [-0.25, -0.2) is 4.79 Å². The molecule has 0 spiro atoms. The number of fused-ring (bicyclic) bond motifs is 2. The van der Waals surface area contributed by atoms with Gasteiger partial charge in [0.25, 0.3) is 0 Å². The first-order valence-electron chi connectivity index (χ1n) is 16.0. The van der Waals surface area contributed by atoms with Crippen LogP contribution in [0.3, 0.4) is 0 Å². The summed E-state index contributed by atoms with van der Waals surface area (Å²) in [5.74, 6) is -4.51. The second kappa shape index (κ2) is 16.7. The molecule has 12 heteroatoms. The third-order valence-corrected chi connectivity index (χ3v) is 8.81. The highest BCUT2D eigenvalue weighted by molar-refractivity contribution is 5.87. The number of esters is 5. The maximum atomic E-state index is 13.2. The third kappa shape index (κ3) is 9.99. The molecule has 0 saturated carbocycles. The molecule has 49 heavy (non-hydrogen) atoms. The fourth-order valence-electron chi connectivity index (χ4n) is 6.58. The molecule has 0 amide bonds. The number of hydrogen-bond acceptors (Lipinski definition) is 12. The highest BCUT2D eigenvalue weighted by atomic mass is 16.6. The number of ether oxygens (including phenoxy) is 5. The molecule has 2 aliphatic carbocycles. The Kier molecular flexibility index (Phi) is 13.3. The molecule has 266 valence electrons. The first kappa shape index (κ1) is 38.9. The predicted molar refractivity (Wildman–Crippen MR) is 177 cm³/mol.